The lowest BCUT2D eigenvalue weighted by Crippen LogP contribution is -2.21. The van der Waals surface area contributed by atoms with Crippen LogP contribution in [0.5, 0.6) is 5.75 Å². The summed E-state index contributed by atoms with van der Waals surface area (Å²) in [7, 11) is 0. The number of nitrogens with one attached hydrogen (secondary N) is 2. The summed E-state index contributed by atoms with van der Waals surface area (Å²) in [6, 6.07) is 20.0. The quantitative estimate of drug-likeness (QED) is 0.437. The van der Waals surface area contributed by atoms with Crippen LogP contribution in [0, 0.1) is 15.9 Å². The van der Waals surface area contributed by atoms with Gasteiger partial charge in [0.25, 0.3) is 0 Å². The van der Waals surface area contributed by atoms with Crippen molar-refractivity contribution in [2.24, 2.45) is 0 Å². The number of nitro benzene ring substituents is 1. The normalized spacial score (nSPS) is 10.2. The molecule has 1 amide bonds. The molecule has 0 spiro atoms. The average Bonchev–Trinajstić information content (AvgIpc) is 2.73. The fourth-order valence-electron chi connectivity index (χ4n) is 2.53. The molecule has 7 nitrogen and oxygen atoms in total. The molecule has 3 aromatic carbocycles. The molecule has 3 rings (SSSR count). The van der Waals surface area contributed by atoms with Gasteiger partial charge in [0, 0.05) is 17.4 Å². The molecule has 0 fully saturated rings. The largest absolute Gasteiger partial charge is 0.489 e. The first-order valence-electron chi connectivity index (χ1n) is 8.76. The molecule has 0 aliphatic carbocycles. The number of hydrogen-bond acceptors (Lipinski definition) is 5. The van der Waals surface area contributed by atoms with Gasteiger partial charge in [-0.1, -0.05) is 30.3 Å². The Bertz CT molecular complexity index is 995. The number of rotatable bonds is 8. The monoisotopic (exact) mass is 395 g/mol. The van der Waals surface area contributed by atoms with Crippen LogP contribution in [0.3, 0.4) is 0 Å². The summed E-state index contributed by atoms with van der Waals surface area (Å²) >= 11 is 0. The lowest BCUT2D eigenvalue weighted by molar-refractivity contribution is -0.387. The third kappa shape index (κ3) is 5.77. The molecule has 29 heavy (non-hydrogen) atoms. The Balaban J connectivity index is 1.49. The fraction of sp³-hybridized carbons (Fsp3) is 0.0952. The maximum Gasteiger partial charge on any atom is 0.306 e. The van der Waals surface area contributed by atoms with Gasteiger partial charge in [0.15, 0.2) is 0 Å². The van der Waals surface area contributed by atoms with Gasteiger partial charge >= 0.3 is 5.69 Å². The zero-order valence-corrected chi connectivity index (χ0v) is 15.3. The molecule has 0 saturated heterocycles. The number of amides is 1. The number of hydrogen-bond donors (Lipinski definition) is 2. The molecule has 0 aliphatic rings. The van der Waals surface area contributed by atoms with E-state index in [1.54, 1.807) is 24.3 Å². The number of nitrogens with zero attached hydrogens (tertiary/aromatic N) is 1. The van der Waals surface area contributed by atoms with E-state index in [2.05, 4.69) is 10.6 Å². The molecule has 8 heteroatoms. The topological polar surface area (TPSA) is 93.5 Å². The van der Waals surface area contributed by atoms with Gasteiger partial charge in [0.2, 0.25) is 11.7 Å². The van der Waals surface area contributed by atoms with Crippen molar-refractivity contribution < 1.29 is 18.8 Å². The van der Waals surface area contributed by atoms with Crippen molar-refractivity contribution in [3.05, 3.63) is 94.3 Å². The predicted octanol–water partition coefficient (Wildman–Crippen LogP) is 4.36. The molecular formula is C21H18FN3O4. The maximum absolute atomic E-state index is 13.3. The standard InChI is InChI=1S/C21H18FN3O4/c22-19-11-8-17(12-20(19)25(27)28)23-13-21(26)24-16-6-9-18(10-7-16)29-14-15-4-2-1-3-5-15/h1-12,23H,13-14H2,(H,24,26). The second kappa shape index (κ2) is 9.32. The number of carbonyl (C=O) groups excluding carboxylic acids is 1. The maximum atomic E-state index is 13.3. The van der Waals surface area contributed by atoms with Crippen molar-refractivity contribution in [3.63, 3.8) is 0 Å². The lowest BCUT2D eigenvalue weighted by Gasteiger charge is -2.10. The van der Waals surface area contributed by atoms with Gasteiger partial charge in [0.1, 0.15) is 12.4 Å². The average molecular weight is 395 g/mol. The van der Waals surface area contributed by atoms with Crippen LogP contribution in [0.1, 0.15) is 5.56 Å². The molecule has 0 aromatic heterocycles. The van der Waals surface area contributed by atoms with E-state index >= 15 is 0 Å². The van der Waals surface area contributed by atoms with E-state index in [9.17, 15) is 19.3 Å². The summed E-state index contributed by atoms with van der Waals surface area (Å²) in [6.45, 7) is 0.315. The Morgan fingerprint density at radius 1 is 1.00 bits per heavy atom. The third-order valence-electron chi connectivity index (χ3n) is 3.98. The summed E-state index contributed by atoms with van der Waals surface area (Å²) in [6.07, 6.45) is 0. The number of nitro groups is 1. The van der Waals surface area contributed by atoms with Gasteiger partial charge < -0.3 is 15.4 Å². The molecule has 0 unspecified atom stereocenters. The molecule has 0 aliphatic heterocycles. The number of carbonyl (C=O) groups is 1. The van der Waals surface area contributed by atoms with Crippen LogP contribution in [0.25, 0.3) is 0 Å². The molecule has 0 saturated carbocycles. The van der Waals surface area contributed by atoms with Crippen LogP contribution in [0.15, 0.2) is 72.8 Å². The van der Waals surface area contributed by atoms with Crippen LogP contribution in [0.2, 0.25) is 0 Å². The zero-order chi connectivity index (χ0) is 20.6. The van der Waals surface area contributed by atoms with Gasteiger partial charge in [0.05, 0.1) is 11.5 Å². The number of benzene rings is 3. The number of ether oxygens (including phenoxy) is 1. The van der Waals surface area contributed by atoms with Crippen LogP contribution in [-0.2, 0) is 11.4 Å². The van der Waals surface area contributed by atoms with E-state index < -0.39 is 16.4 Å². The molecule has 148 valence electrons. The highest BCUT2D eigenvalue weighted by atomic mass is 19.1. The van der Waals surface area contributed by atoms with E-state index in [0.717, 1.165) is 17.7 Å². The van der Waals surface area contributed by atoms with Gasteiger partial charge in [-0.3, -0.25) is 14.9 Å². The fourth-order valence-corrected chi connectivity index (χ4v) is 2.53. The van der Waals surface area contributed by atoms with Crippen molar-refractivity contribution in [1.82, 2.24) is 0 Å². The van der Waals surface area contributed by atoms with Crippen molar-refractivity contribution in [1.29, 1.82) is 0 Å². The van der Waals surface area contributed by atoms with Gasteiger partial charge in [-0.2, -0.15) is 4.39 Å². The van der Waals surface area contributed by atoms with E-state index in [-0.39, 0.29) is 18.1 Å². The second-order valence-corrected chi connectivity index (χ2v) is 6.12. The molecule has 3 aromatic rings. The third-order valence-corrected chi connectivity index (χ3v) is 3.98. The molecule has 0 atom stereocenters. The first-order chi connectivity index (χ1) is 14.0. The van der Waals surface area contributed by atoms with Crippen molar-refractivity contribution in [3.8, 4) is 5.75 Å². The van der Waals surface area contributed by atoms with Gasteiger partial charge in [-0.25, -0.2) is 0 Å². The van der Waals surface area contributed by atoms with Crippen molar-refractivity contribution >= 4 is 23.0 Å². The summed E-state index contributed by atoms with van der Waals surface area (Å²) < 4.78 is 19.0. The first kappa shape index (κ1) is 19.8. The van der Waals surface area contributed by atoms with Gasteiger partial charge in [-0.15, -0.1) is 0 Å². The zero-order valence-electron chi connectivity index (χ0n) is 15.3. The van der Waals surface area contributed by atoms with Crippen molar-refractivity contribution in [2.45, 2.75) is 6.61 Å². The number of anilines is 2. The number of halogens is 1. The highest BCUT2D eigenvalue weighted by Gasteiger charge is 2.14. The molecule has 0 radical (unpaired) electrons. The Morgan fingerprint density at radius 2 is 1.69 bits per heavy atom. The molecule has 2 N–H and O–H groups in total. The predicted molar refractivity (Wildman–Crippen MR) is 107 cm³/mol. The first-order valence-corrected chi connectivity index (χ1v) is 8.76. The highest BCUT2D eigenvalue weighted by Crippen LogP contribution is 2.21. The minimum absolute atomic E-state index is 0.130. The summed E-state index contributed by atoms with van der Waals surface area (Å²) in [4.78, 5) is 22.0. The minimum Gasteiger partial charge on any atom is -0.489 e. The molecule has 0 bridgehead atoms. The van der Waals surface area contributed by atoms with Gasteiger partial charge in [-0.05, 0) is 42.0 Å². The van der Waals surface area contributed by atoms with Crippen LogP contribution in [-0.4, -0.2) is 17.4 Å². The summed E-state index contributed by atoms with van der Waals surface area (Å²) in [5.41, 5.74) is 1.25. The Morgan fingerprint density at radius 3 is 2.38 bits per heavy atom. The van der Waals surface area contributed by atoms with E-state index in [1.165, 1.54) is 6.07 Å². The smallest absolute Gasteiger partial charge is 0.306 e. The molecular weight excluding hydrogens is 377 g/mol. The molecule has 0 heterocycles. The van der Waals surface area contributed by atoms with Crippen LogP contribution >= 0.6 is 0 Å². The Labute approximate surface area is 166 Å². The lowest BCUT2D eigenvalue weighted by atomic mass is 10.2. The minimum atomic E-state index is -0.931. The van der Waals surface area contributed by atoms with E-state index in [4.69, 9.17) is 4.74 Å². The second-order valence-electron chi connectivity index (χ2n) is 6.12. The summed E-state index contributed by atoms with van der Waals surface area (Å²) in [5.74, 6) is -0.613. The Hall–Kier alpha value is -3.94. The highest BCUT2D eigenvalue weighted by molar-refractivity contribution is 5.93. The SMILES string of the molecule is O=C(CNc1ccc(F)c([N+](=O)[O-])c1)Nc1ccc(OCc2ccccc2)cc1. The Kier molecular flexibility index (Phi) is 6.36. The van der Waals surface area contributed by atoms with Crippen LogP contribution in [0.4, 0.5) is 21.5 Å². The van der Waals surface area contributed by atoms with Crippen LogP contribution < -0.4 is 15.4 Å². The van der Waals surface area contributed by atoms with E-state index in [0.29, 0.717) is 18.0 Å². The van der Waals surface area contributed by atoms with Crippen molar-refractivity contribution in [2.75, 3.05) is 17.2 Å². The summed E-state index contributed by atoms with van der Waals surface area (Å²) in [5, 5.41) is 16.2. The van der Waals surface area contributed by atoms with E-state index in [1.807, 2.05) is 30.3 Å².